The van der Waals surface area contributed by atoms with Crippen molar-refractivity contribution in [1.29, 1.82) is 0 Å². The fourth-order valence-electron chi connectivity index (χ4n) is 5.73. The van der Waals surface area contributed by atoms with Gasteiger partial charge in [-0.05, 0) is 74.5 Å². The van der Waals surface area contributed by atoms with Gasteiger partial charge >= 0.3 is 0 Å². The number of likely N-dealkylation sites (tertiary alicyclic amines) is 1. The van der Waals surface area contributed by atoms with Gasteiger partial charge in [-0.2, -0.15) is 0 Å². The van der Waals surface area contributed by atoms with Crippen LogP contribution in [0.3, 0.4) is 0 Å². The van der Waals surface area contributed by atoms with E-state index in [0.717, 1.165) is 49.1 Å². The van der Waals surface area contributed by atoms with Crippen LogP contribution in [-0.4, -0.2) is 56.5 Å². The van der Waals surface area contributed by atoms with E-state index in [9.17, 15) is 8.42 Å². The molecular weight excluding hydrogens is 485 g/mol. The summed E-state index contributed by atoms with van der Waals surface area (Å²) < 4.78 is 23.6. The topological polar surface area (TPSA) is 61.8 Å². The van der Waals surface area contributed by atoms with Gasteiger partial charge in [0.05, 0.1) is 11.5 Å². The SMILES string of the molecule is I.O=S1(=O)CCC(CN=C(NC(C2CC2)C2CC2)N2CC3CCCCC3C2)C1. The van der Waals surface area contributed by atoms with E-state index in [1.165, 1.54) is 51.4 Å². The molecule has 5 fully saturated rings. The molecule has 2 aliphatic heterocycles. The highest BCUT2D eigenvalue weighted by Gasteiger charge is 2.43. The Balaban J connectivity index is 0.00000192. The number of aliphatic imine (C=N–C) groups is 1. The Kier molecular flexibility index (Phi) is 6.51. The highest BCUT2D eigenvalue weighted by molar-refractivity contribution is 14.0. The number of fused-ring (bicyclic) bond motifs is 1. The monoisotopic (exact) mass is 521 g/mol. The maximum Gasteiger partial charge on any atom is 0.194 e. The molecule has 3 saturated carbocycles. The minimum atomic E-state index is -2.81. The lowest BCUT2D eigenvalue weighted by Gasteiger charge is -2.28. The molecule has 3 unspecified atom stereocenters. The van der Waals surface area contributed by atoms with E-state index < -0.39 is 9.84 Å². The zero-order chi connectivity index (χ0) is 18.4. The first-order valence-electron chi connectivity index (χ1n) is 11.3. The molecule has 5 nitrogen and oxygen atoms in total. The zero-order valence-corrected chi connectivity index (χ0v) is 20.0. The predicted octanol–water partition coefficient (Wildman–Crippen LogP) is 3.30. The third-order valence-corrected chi connectivity index (χ3v) is 9.49. The Hall–Kier alpha value is -0.0500. The first-order valence-corrected chi connectivity index (χ1v) is 13.2. The van der Waals surface area contributed by atoms with Gasteiger partial charge < -0.3 is 10.2 Å². The zero-order valence-electron chi connectivity index (χ0n) is 16.9. The number of nitrogens with zero attached hydrogens (tertiary/aromatic N) is 2. The summed E-state index contributed by atoms with van der Waals surface area (Å²) >= 11 is 0. The van der Waals surface area contributed by atoms with Crippen LogP contribution in [-0.2, 0) is 9.84 Å². The van der Waals surface area contributed by atoms with Gasteiger partial charge in [-0.1, -0.05) is 12.8 Å². The van der Waals surface area contributed by atoms with Gasteiger partial charge in [0, 0.05) is 25.7 Å². The number of nitrogens with one attached hydrogen (secondary N) is 1. The van der Waals surface area contributed by atoms with Crippen molar-refractivity contribution in [2.24, 2.45) is 34.6 Å². The van der Waals surface area contributed by atoms with Gasteiger partial charge in [-0.15, -0.1) is 24.0 Å². The van der Waals surface area contributed by atoms with Gasteiger partial charge in [-0.3, -0.25) is 4.99 Å². The van der Waals surface area contributed by atoms with Crippen LogP contribution in [0.15, 0.2) is 4.99 Å². The Morgan fingerprint density at radius 2 is 1.57 bits per heavy atom. The molecule has 0 bridgehead atoms. The fraction of sp³-hybridized carbons (Fsp3) is 0.952. The minimum absolute atomic E-state index is 0. The van der Waals surface area contributed by atoms with Gasteiger partial charge in [0.1, 0.15) is 0 Å². The molecule has 160 valence electrons. The summed E-state index contributed by atoms with van der Waals surface area (Å²) in [5, 5.41) is 3.90. The first-order chi connectivity index (χ1) is 13.1. The lowest BCUT2D eigenvalue weighted by Crippen LogP contribution is -2.47. The number of halogens is 1. The van der Waals surface area contributed by atoms with Crippen LogP contribution in [0.25, 0.3) is 0 Å². The van der Waals surface area contributed by atoms with E-state index in [2.05, 4.69) is 10.2 Å². The third kappa shape index (κ3) is 4.98. The largest absolute Gasteiger partial charge is 0.353 e. The van der Waals surface area contributed by atoms with E-state index in [1.807, 2.05) is 0 Å². The molecule has 28 heavy (non-hydrogen) atoms. The van der Waals surface area contributed by atoms with Crippen LogP contribution in [0.2, 0.25) is 0 Å². The van der Waals surface area contributed by atoms with Crippen LogP contribution in [0.4, 0.5) is 0 Å². The standard InChI is InChI=1S/C21H35N3O2S.HI/c25-27(26)10-9-15(14-27)11-22-21(23-20(16-5-6-16)17-7-8-17)24-12-18-3-1-2-4-19(18)13-24;/h15-20H,1-14H2,(H,22,23);1H. The van der Waals surface area contributed by atoms with Gasteiger partial charge in [0.2, 0.25) is 0 Å². The van der Waals surface area contributed by atoms with E-state index in [0.29, 0.717) is 24.1 Å². The molecule has 5 aliphatic rings. The molecule has 0 spiro atoms. The van der Waals surface area contributed by atoms with Crippen molar-refractivity contribution >= 4 is 39.8 Å². The third-order valence-electron chi connectivity index (χ3n) is 7.66. The maximum absolute atomic E-state index is 11.8. The molecule has 0 amide bonds. The molecule has 7 heteroatoms. The normalized spacial score (nSPS) is 35.0. The summed E-state index contributed by atoms with van der Waals surface area (Å²) in [6.45, 7) is 2.98. The number of rotatable bonds is 5. The molecule has 3 aliphatic carbocycles. The smallest absolute Gasteiger partial charge is 0.194 e. The minimum Gasteiger partial charge on any atom is -0.353 e. The average Bonchev–Trinajstić information content (AvgIpc) is 3.57. The van der Waals surface area contributed by atoms with Crippen molar-refractivity contribution in [1.82, 2.24) is 10.2 Å². The van der Waals surface area contributed by atoms with Gasteiger partial charge in [0.25, 0.3) is 0 Å². The molecule has 1 N–H and O–H groups in total. The lowest BCUT2D eigenvalue weighted by atomic mass is 9.82. The lowest BCUT2D eigenvalue weighted by molar-refractivity contribution is 0.299. The second-order valence-electron chi connectivity index (χ2n) is 9.99. The molecule has 2 saturated heterocycles. The highest BCUT2D eigenvalue weighted by atomic mass is 127. The van der Waals surface area contributed by atoms with E-state index in [-0.39, 0.29) is 29.9 Å². The van der Waals surface area contributed by atoms with Crippen LogP contribution in [0.5, 0.6) is 0 Å². The van der Waals surface area contributed by atoms with Crippen LogP contribution >= 0.6 is 24.0 Å². The summed E-state index contributed by atoms with van der Waals surface area (Å²) in [7, 11) is -2.81. The summed E-state index contributed by atoms with van der Waals surface area (Å²) in [4.78, 5) is 7.57. The van der Waals surface area contributed by atoms with Gasteiger partial charge in [-0.25, -0.2) is 8.42 Å². The fourth-order valence-corrected chi connectivity index (χ4v) is 7.58. The van der Waals surface area contributed by atoms with Crippen molar-refractivity contribution < 1.29 is 8.42 Å². The van der Waals surface area contributed by atoms with Crippen molar-refractivity contribution in [3.8, 4) is 0 Å². The first kappa shape index (κ1) is 21.2. The molecule has 2 heterocycles. The van der Waals surface area contributed by atoms with Crippen molar-refractivity contribution in [3.05, 3.63) is 0 Å². The summed E-state index contributed by atoms with van der Waals surface area (Å²) in [6.07, 6.45) is 11.8. The molecule has 3 atom stereocenters. The van der Waals surface area contributed by atoms with Crippen LogP contribution < -0.4 is 5.32 Å². The molecule has 0 aromatic carbocycles. The second-order valence-corrected chi connectivity index (χ2v) is 12.2. The molecule has 0 radical (unpaired) electrons. The van der Waals surface area contributed by atoms with Crippen molar-refractivity contribution in [3.63, 3.8) is 0 Å². The maximum atomic E-state index is 11.8. The summed E-state index contributed by atoms with van der Waals surface area (Å²) in [6, 6.07) is 0.610. The number of hydrogen-bond donors (Lipinski definition) is 1. The summed E-state index contributed by atoms with van der Waals surface area (Å²) in [5.41, 5.74) is 0. The Morgan fingerprint density at radius 3 is 2.07 bits per heavy atom. The molecule has 0 aromatic heterocycles. The Bertz CT molecular complexity index is 664. The van der Waals surface area contributed by atoms with Crippen molar-refractivity contribution in [2.75, 3.05) is 31.1 Å². The van der Waals surface area contributed by atoms with Crippen molar-refractivity contribution in [2.45, 2.75) is 63.8 Å². The summed E-state index contributed by atoms with van der Waals surface area (Å²) in [5.74, 6) is 5.41. The van der Waals surface area contributed by atoms with E-state index in [4.69, 9.17) is 4.99 Å². The van der Waals surface area contributed by atoms with E-state index >= 15 is 0 Å². The number of guanidine groups is 1. The van der Waals surface area contributed by atoms with Crippen LogP contribution in [0, 0.1) is 29.6 Å². The highest BCUT2D eigenvalue weighted by Crippen LogP contribution is 2.45. The Morgan fingerprint density at radius 1 is 0.964 bits per heavy atom. The predicted molar refractivity (Wildman–Crippen MR) is 124 cm³/mol. The Labute approximate surface area is 187 Å². The molecular formula is C21H36IN3O2S. The second kappa shape index (κ2) is 8.60. The number of sulfone groups is 1. The van der Waals surface area contributed by atoms with Gasteiger partial charge in [0.15, 0.2) is 15.8 Å². The quantitative estimate of drug-likeness (QED) is 0.343. The van der Waals surface area contributed by atoms with Crippen LogP contribution in [0.1, 0.15) is 57.8 Å². The van der Waals surface area contributed by atoms with E-state index in [1.54, 1.807) is 0 Å². The molecule has 5 rings (SSSR count). The molecule has 0 aromatic rings. The number of hydrogen-bond acceptors (Lipinski definition) is 3. The average molecular weight is 522 g/mol.